The number of halogens is 2. The van der Waals surface area contributed by atoms with Crippen LogP contribution in [0.4, 0.5) is 14.5 Å². The molecular formula is C19H15F2NO3S. The fourth-order valence-electron chi connectivity index (χ4n) is 2.42. The highest BCUT2D eigenvalue weighted by Crippen LogP contribution is 2.36. The zero-order valence-electron chi connectivity index (χ0n) is 13.7. The number of benzene rings is 3. The Morgan fingerprint density at radius 3 is 2.19 bits per heavy atom. The van der Waals surface area contributed by atoms with Gasteiger partial charge >= 0.3 is 0 Å². The molecule has 0 aliphatic heterocycles. The molecule has 3 aromatic carbocycles. The van der Waals surface area contributed by atoms with E-state index < -0.39 is 21.5 Å². The quantitative estimate of drug-likeness (QED) is 0.686. The molecule has 0 saturated heterocycles. The van der Waals surface area contributed by atoms with Crippen molar-refractivity contribution in [1.82, 2.24) is 0 Å². The molecule has 0 spiro atoms. The van der Waals surface area contributed by atoms with E-state index in [1.807, 2.05) is 0 Å². The number of nitrogens with two attached hydrogens (primary N) is 1. The SMILES string of the molecule is CS(=O)(=O)c1ccc(-c2ccc(N)cc2Oc2ccc(F)cc2F)cc1. The number of ether oxygens (including phenoxy) is 1. The Bertz CT molecular complexity index is 1060. The van der Waals surface area contributed by atoms with Crippen LogP contribution >= 0.6 is 0 Å². The molecule has 0 saturated carbocycles. The first-order valence-electron chi connectivity index (χ1n) is 7.57. The maximum atomic E-state index is 13.9. The third kappa shape index (κ3) is 3.83. The van der Waals surface area contributed by atoms with Crippen molar-refractivity contribution in [2.45, 2.75) is 4.90 Å². The van der Waals surface area contributed by atoms with Crippen LogP contribution < -0.4 is 10.5 Å². The summed E-state index contributed by atoms with van der Waals surface area (Å²) in [6, 6.07) is 14.0. The lowest BCUT2D eigenvalue weighted by Crippen LogP contribution is -1.97. The maximum absolute atomic E-state index is 13.9. The lowest BCUT2D eigenvalue weighted by Gasteiger charge is -2.13. The minimum Gasteiger partial charge on any atom is -0.454 e. The topological polar surface area (TPSA) is 69.4 Å². The first kappa shape index (κ1) is 17.9. The van der Waals surface area contributed by atoms with Gasteiger partial charge < -0.3 is 10.5 Å². The molecule has 0 aliphatic carbocycles. The number of sulfone groups is 1. The molecule has 0 aliphatic rings. The second-order valence-corrected chi connectivity index (χ2v) is 7.74. The van der Waals surface area contributed by atoms with Gasteiger partial charge in [0.2, 0.25) is 0 Å². The Labute approximate surface area is 149 Å². The average Bonchev–Trinajstić information content (AvgIpc) is 2.57. The van der Waals surface area contributed by atoms with Crippen LogP contribution in [0.2, 0.25) is 0 Å². The molecule has 0 bridgehead atoms. The highest BCUT2D eigenvalue weighted by atomic mass is 32.2. The van der Waals surface area contributed by atoms with E-state index in [1.165, 1.54) is 24.3 Å². The van der Waals surface area contributed by atoms with Crippen LogP contribution in [-0.4, -0.2) is 14.7 Å². The van der Waals surface area contributed by atoms with E-state index in [0.29, 0.717) is 16.8 Å². The summed E-state index contributed by atoms with van der Waals surface area (Å²) < 4.78 is 55.7. The molecule has 3 aromatic rings. The van der Waals surface area contributed by atoms with Gasteiger partial charge in [-0.05, 0) is 42.0 Å². The van der Waals surface area contributed by atoms with Crippen molar-refractivity contribution in [3.63, 3.8) is 0 Å². The average molecular weight is 375 g/mol. The molecular weight excluding hydrogens is 360 g/mol. The number of anilines is 1. The first-order valence-corrected chi connectivity index (χ1v) is 9.46. The highest BCUT2D eigenvalue weighted by molar-refractivity contribution is 7.90. The smallest absolute Gasteiger partial charge is 0.175 e. The van der Waals surface area contributed by atoms with Gasteiger partial charge in [-0.25, -0.2) is 17.2 Å². The number of nitrogen functional groups attached to an aromatic ring is 1. The van der Waals surface area contributed by atoms with Crippen molar-refractivity contribution in [2.75, 3.05) is 12.0 Å². The van der Waals surface area contributed by atoms with Crippen LogP contribution in [0.3, 0.4) is 0 Å². The third-order valence-corrected chi connectivity index (χ3v) is 4.84. The van der Waals surface area contributed by atoms with E-state index in [4.69, 9.17) is 10.5 Å². The van der Waals surface area contributed by atoms with Crippen molar-refractivity contribution >= 4 is 15.5 Å². The van der Waals surface area contributed by atoms with Crippen LogP contribution in [0.25, 0.3) is 11.1 Å². The van der Waals surface area contributed by atoms with Gasteiger partial charge in [0.05, 0.1) is 4.90 Å². The monoisotopic (exact) mass is 375 g/mol. The number of hydrogen-bond donors (Lipinski definition) is 1. The van der Waals surface area contributed by atoms with Crippen molar-refractivity contribution in [2.24, 2.45) is 0 Å². The fourth-order valence-corrected chi connectivity index (χ4v) is 3.05. The van der Waals surface area contributed by atoms with Crippen molar-refractivity contribution in [3.8, 4) is 22.6 Å². The summed E-state index contributed by atoms with van der Waals surface area (Å²) in [6.45, 7) is 0. The fraction of sp³-hybridized carbons (Fsp3) is 0.0526. The summed E-state index contributed by atoms with van der Waals surface area (Å²) in [5, 5.41) is 0. The standard InChI is InChI=1S/C19H15F2NO3S/c1-26(23,24)15-6-2-12(3-7-15)16-8-5-14(22)11-19(16)25-18-9-4-13(20)10-17(18)21/h2-11H,22H2,1H3. The minimum absolute atomic E-state index is 0.147. The van der Waals surface area contributed by atoms with Gasteiger partial charge in [0, 0.05) is 29.6 Å². The largest absolute Gasteiger partial charge is 0.454 e. The zero-order valence-corrected chi connectivity index (χ0v) is 14.6. The van der Waals surface area contributed by atoms with Crippen molar-refractivity contribution in [3.05, 3.63) is 72.3 Å². The summed E-state index contributed by atoms with van der Waals surface area (Å²) >= 11 is 0. The van der Waals surface area contributed by atoms with Crippen LogP contribution in [0, 0.1) is 11.6 Å². The molecule has 3 rings (SSSR count). The maximum Gasteiger partial charge on any atom is 0.175 e. The summed E-state index contributed by atoms with van der Waals surface area (Å²) in [5.74, 6) is -1.43. The molecule has 0 amide bonds. The number of rotatable bonds is 4. The van der Waals surface area contributed by atoms with Gasteiger partial charge in [-0.2, -0.15) is 0 Å². The molecule has 0 unspecified atom stereocenters. The lowest BCUT2D eigenvalue weighted by molar-refractivity contribution is 0.439. The summed E-state index contributed by atoms with van der Waals surface area (Å²) in [4.78, 5) is 0.184. The molecule has 26 heavy (non-hydrogen) atoms. The van der Waals surface area contributed by atoms with E-state index in [-0.39, 0.29) is 16.4 Å². The molecule has 7 heteroatoms. The van der Waals surface area contributed by atoms with E-state index in [9.17, 15) is 17.2 Å². The van der Waals surface area contributed by atoms with Gasteiger partial charge in [-0.15, -0.1) is 0 Å². The zero-order chi connectivity index (χ0) is 18.9. The van der Waals surface area contributed by atoms with Crippen LogP contribution in [0.5, 0.6) is 11.5 Å². The Hall–Kier alpha value is -2.93. The first-order chi connectivity index (χ1) is 12.2. The highest BCUT2D eigenvalue weighted by Gasteiger charge is 2.13. The normalized spacial score (nSPS) is 11.3. The molecule has 2 N–H and O–H groups in total. The molecule has 0 heterocycles. The van der Waals surface area contributed by atoms with Crippen molar-refractivity contribution in [1.29, 1.82) is 0 Å². The summed E-state index contributed by atoms with van der Waals surface area (Å²) in [7, 11) is -3.31. The number of hydrogen-bond acceptors (Lipinski definition) is 4. The van der Waals surface area contributed by atoms with Gasteiger partial charge in [0.25, 0.3) is 0 Å². The second-order valence-electron chi connectivity index (χ2n) is 5.73. The van der Waals surface area contributed by atoms with Crippen LogP contribution in [0.15, 0.2) is 65.6 Å². The van der Waals surface area contributed by atoms with Crippen LogP contribution in [-0.2, 0) is 9.84 Å². The van der Waals surface area contributed by atoms with Crippen LogP contribution in [0.1, 0.15) is 0 Å². The van der Waals surface area contributed by atoms with Gasteiger partial charge in [0.1, 0.15) is 11.6 Å². The Morgan fingerprint density at radius 2 is 1.58 bits per heavy atom. The van der Waals surface area contributed by atoms with Gasteiger partial charge in [-0.1, -0.05) is 12.1 Å². The summed E-state index contributed by atoms with van der Waals surface area (Å²) in [5.41, 5.74) is 7.44. The molecule has 0 aromatic heterocycles. The van der Waals surface area contributed by atoms with Gasteiger partial charge in [0.15, 0.2) is 21.4 Å². The minimum atomic E-state index is -3.31. The van der Waals surface area contributed by atoms with Crippen molar-refractivity contribution < 1.29 is 21.9 Å². The molecule has 0 atom stereocenters. The predicted octanol–water partition coefficient (Wildman–Crippen LogP) is 4.41. The van der Waals surface area contributed by atoms with E-state index >= 15 is 0 Å². The molecule has 134 valence electrons. The molecule has 4 nitrogen and oxygen atoms in total. The second kappa shape index (κ2) is 6.76. The van der Waals surface area contributed by atoms with E-state index in [2.05, 4.69) is 0 Å². The lowest BCUT2D eigenvalue weighted by atomic mass is 10.0. The Morgan fingerprint density at radius 1 is 0.885 bits per heavy atom. The van der Waals surface area contributed by atoms with Gasteiger partial charge in [-0.3, -0.25) is 0 Å². The predicted molar refractivity (Wildman–Crippen MR) is 95.8 cm³/mol. The Balaban J connectivity index is 2.03. The summed E-state index contributed by atoms with van der Waals surface area (Å²) in [6.07, 6.45) is 1.12. The molecule has 0 fully saturated rings. The van der Waals surface area contributed by atoms with E-state index in [1.54, 1.807) is 24.3 Å². The third-order valence-electron chi connectivity index (χ3n) is 3.71. The van der Waals surface area contributed by atoms with E-state index in [0.717, 1.165) is 18.4 Å². The molecule has 0 radical (unpaired) electrons. The Kier molecular flexibility index (Phi) is 4.65.